The van der Waals surface area contributed by atoms with E-state index in [1.807, 2.05) is 19.9 Å². The van der Waals surface area contributed by atoms with Crippen LogP contribution in [0.25, 0.3) is 0 Å². The molecule has 1 heterocycles. The van der Waals surface area contributed by atoms with Crippen molar-refractivity contribution in [2.45, 2.75) is 45.2 Å². The smallest absolute Gasteiger partial charge is 0.338 e. The van der Waals surface area contributed by atoms with E-state index in [4.69, 9.17) is 9.47 Å². The van der Waals surface area contributed by atoms with E-state index >= 15 is 0 Å². The Hall–Kier alpha value is -1.39. The van der Waals surface area contributed by atoms with Crippen LogP contribution in [0.15, 0.2) is 30.3 Å². The zero-order chi connectivity index (χ0) is 14.0. The number of hydrogen-bond acceptors (Lipinski definition) is 4. The summed E-state index contributed by atoms with van der Waals surface area (Å²) in [5.74, 6) is -0.491. The van der Waals surface area contributed by atoms with Crippen molar-refractivity contribution in [2.75, 3.05) is 0 Å². The Labute approximate surface area is 113 Å². The average molecular weight is 264 g/mol. The van der Waals surface area contributed by atoms with Crippen LogP contribution in [0.1, 0.15) is 37.6 Å². The molecule has 4 heteroatoms. The maximum atomic E-state index is 12.1. The van der Waals surface area contributed by atoms with E-state index in [0.29, 0.717) is 5.56 Å². The van der Waals surface area contributed by atoms with Gasteiger partial charge in [0, 0.05) is 5.92 Å². The first-order valence-electron chi connectivity index (χ1n) is 6.61. The number of carbonyl (C=O) groups is 1. The van der Waals surface area contributed by atoms with Crippen LogP contribution in [0.5, 0.6) is 0 Å². The van der Waals surface area contributed by atoms with Gasteiger partial charge in [-0.1, -0.05) is 32.0 Å². The number of benzene rings is 1. The fourth-order valence-corrected chi connectivity index (χ4v) is 2.44. The van der Waals surface area contributed by atoms with Crippen molar-refractivity contribution in [1.82, 2.24) is 0 Å². The molecule has 0 spiro atoms. The van der Waals surface area contributed by atoms with E-state index in [2.05, 4.69) is 0 Å². The highest BCUT2D eigenvalue weighted by Crippen LogP contribution is 2.39. The fraction of sp³-hybridized carbons (Fsp3) is 0.533. The van der Waals surface area contributed by atoms with Crippen molar-refractivity contribution in [2.24, 2.45) is 5.92 Å². The van der Waals surface area contributed by atoms with Crippen LogP contribution in [0.2, 0.25) is 0 Å². The summed E-state index contributed by atoms with van der Waals surface area (Å²) in [6.07, 6.45) is -0.403. The first-order valence-corrected chi connectivity index (χ1v) is 6.61. The number of rotatable bonds is 3. The van der Waals surface area contributed by atoms with Gasteiger partial charge in [0.15, 0.2) is 11.9 Å². The maximum absolute atomic E-state index is 12.1. The van der Waals surface area contributed by atoms with E-state index in [9.17, 15) is 9.90 Å². The lowest BCUT2D eigenvalue weighted by Crippen LogP contribution is -2.44. The zero-order valence-corrected chi connectivity index (χ0v) is 11.5. The summed E-state index contributed by atoms with van der Waals surface area (Å²) >= 11 is 0. The summed E-state index contributed by atoms with van der Waals surface area (Å²) in [6.45, 7) is 5.64. The Kier molecular flexibility index (Phi) is 3.92. The van der Waals surface area contributed by atoms with E-state index in [1.54, 1.807) is 31.2 Å². The lowest BCUT2D eigenvalue weighted by atomic mass is 9.87. The van der Waals surface area contributed by atoms with Crippen LogP contribution in [0, 0.1) is 5.92 Å². The predicted molar refractivity (Wildman–Crippen MR) is 70.6 cm³/mol. The minimum Gasteiger partial charge on any atom is -0.450 e. The molecule has 1 aromatic carbocycles. The number of aliphatic hydroxyl groups excluding tert-OH is 1. The molecule has 104 valence electrons. The summed E-state index contributed by atoms with van der Waals surface area (Å²) in [5.41, 5.74) is -0.531. The SMILES string of the molecule is CC[C@H]1OC(O)[C@](C)(OC(=O)c2ccccc2)[C@@H]1C. The molecule has 1 fully saturated rings. The molecule has 0 saturated carbocycles. The topological polar surface area (TPSA) is 55.8 Å². The fourth-order valence-electron chi connectivity index (χ4n) is 2.44. The molecule has 4 atom stereocenters. The van der Waals surface area contributed by atoms with Crippen LogP contribution < -0.4 is 0 Å². The Bertz CT molecular complexity index is 445. The monoisotopic (exact) mass is 264 g/mol. The Balaban J connectivity index is 2.15. The van der Waals surface area contributed by atoms with Gasteiger partial charge < -0.3 is 14.6 Å². The molecular weight excluding hydrogens is 244 g/mol. The molecular formula is C15H20O4. The summed E-state index contributed by atoms with van der Waals surface area (Å²) in [4.78, 5) is 12.1. The van der Waals surface area contributed by atoms with Crippen LogP contribution in [0.3, 0.4) is 0 Å². The van der Waals surface area contributed by atoms with E-state index < -0.39 is 17.9 Å². The largest absolute Gasteiger partial charge is 0.450 e. The first kappa shape index (κ1) is 14.0. The number of esters is 1. The normalized spacial score (nSPS) is 34.2. The van der Waals surface area contributed by atoms with Gasteiger partial charge in [0.2, 0.25) is 0 Å². The second kappa shape index (κ2) is 5.31. The van der Waals surface area contributed by atoms with Crippen molar-refractivity contribution >= 4 is 5.97 Å². The van der Waals surface area contributed by atoms with E-state index in [1.165, 1.54) is 0 Å². The third kappa shape index (κ3) is 2.51. The Morgan fingerprint density at radius 3 is 2.58 bits per heavy atom. The van der Waals surface area contributed by atoms with Gasteiger partial charge in [-0.25, -0.2) is 4.79 Å². The second-order valence-electron chi connectivity index (χ2n) is 5.16. The van der Waals surface area contributed by atoms with Crippen LogP contribution in [-0.4, -0.2) is 29.1 Å². The van der Waals surface area contributed by atoms with Gasteiger partial charge >= 0.3 is 5.97 Å². The van der Waals surface area contributed by atoms with Gasteiger partial charge in [-0.3, -0.25) is 0 Å². The van der Waals surface area contributed by atoms with Crippen molar-refractivity contribution in [3.63, 3.8) is 0 Å². The van der Waals surface area contributed by atoms with Gasteiger partial charge in [0.25, 0.3) is 0 Å². The highest BCUT2D eigenvalue weighted by molar-refractivity contribution is 5.89. The van der Waals surface area contributed by atoms with Crippen LogP contribution in [-0.2, 0) is 9.47 Å². The Morgan fingerprint density at radius 1 is 1.42 bits per heavy atom. The summed E-state index contributed by atoms with van der Waals surface area (Å²) in [7, 11) is 0. The van der Waals surface area contributed by atoms with Crippen LogP contribution in [0.4, 0.5) is 0 Å². The quantitative estimate of drug-likeness (QED) is 0.851. The molecule has 1 aromatic rings. The molecule has 1 N–H and O–H groups in total. The molecule has 19 heavy (non-hydrogen) atoms. The molecule has 0 bridgehead atoms. The van der Waals surface area contributed by atoms with E-state index in [-0.39, 0.29) is 12.0 Å². The van der Waals surface area contributed by atoms with Crippen molar-refractivity contribution in [1.29, 1.82) is 0 Å². The molecule has 0 aliphatic carbocycles. The third-order valence-corrected chi connectivity index (χ3v) is 3.98. The zero-order valence-electron chi connectivity index (χ0n) is 11.5. The summed E-state index contributed by atoms with van der Waals surface area (Å²) in [5, 5.41) is 10.0. The standard InChI is InChI=1S/C15H20O4/c1-4-12-10(2)15(3,14(17)18-12)19-13(16)11-8-6-5-7-9-11/h5-10,12,14,17H,4H2,1-3H3/t10-,12-,14?,15-/m1/s1. The highest BCUT2D eigenvalue weighted by Gasteiger charge is 2.53. The van der Waals surface area contributed by atoms with Gasteiger partial charge in [0.05, 0.1) is 11.7 Å². The molecule has 0 amide bonds. The third-order valence-electron chi connectivity index (χ3n) is 3.98. The van der Waals surface area contributed by atoms with Crippen LogP contribution >= 0.6 is 0 Å². The molecule has 0 radical (unpaired) electrons. The maximum Gasteiger partial charge on any atom is 0.338 e. The van der Waals surface area contributed by atoms with Gasteiger partial charge in [-0.15, -0.1) is 0 Å². The van der Waals surface area contributed by atoms with Gasteiger partial charge in [-0.2, -0.15) is 0 Å². The lowest BCUT2D eigenvalue weighted by Gasteiger charge is -2.30. The second-order valence-corrected chi connectivity index (χ2v) is 5.16. The van der Waals surface area contributed by atoms with Crippen molar-refractivity contribution < 1.29 is 19.4 Å². The molecule has 1 aliphatic rings. The number of ether oxygens (including phenoxy) is 2. The Morgan fingerprint density at radius 2 is 2.05 bits per heavy atom. The predicted octanol–water partition coefficient (Wildman–Crippen LogP) is 2.37. The molecule has 4 nitrogen and oxygen atoms in total. The number of aliphatic hydroxyl groups is 1. The number of carbonyl (C=O) groups excluding carboxylic acids is 1. The minimum absolute atomic E-state index is 0.0554. The summed E-state index contributed by atoms with van der Waals surface area (Å²) in [6, 6.07) is 8.77. The van der Waals surface area contributed by atoms with Gasteiger partial charge in [0.1, 0.15) is 0 Å². The number of hydrogen-bond donors (Lipinski definition) is 1. The minimum atomic E-state index is -1.08. The summed E-state index contributed by atoms with van der Waals surface area (Å²) < 4.78 is 11.0. The molecule has 1 aliphatic heterocycles. The van der Waals surface area contributed by atoms with Gasteiger partial charge in [-0.05, 0) is 25.5 Å². The van der Waals surface area contributed by atoms with Crippen molar-refractivity contribution in [3.8, 4) is 0 Å². The first-order chi connectivity index (χ1) is 8.99. The average Bonchev–Trinajstić information content (AvgIpc) is 2.64. The molecule has 2 rings (SSSR count). The molecule has 1 unspecified atom stereocenters. The lowest BCUT2D eigenvalue weighted by molar-refractivity contribution is -0.166. The molecule has 1 saturated heterocycles. The highest BCUT2D eigenvalue weighted by atomic mass is 16.7. The van der Waals surface area contributed by atoms with Crippen molar-refractivity contribution in [3.05, 3.63) is 35.9 Å². The molecule has 0 aromatic heterocycles. The van der Waals surface area contributed by atoms with E-state index in [0.717, 1.165) is 6.42 Å².